The van der Waals surface area contributed by atoms with Crippen molar-refractivity contribution in [1.82, 2.24) is 4.90 Å². The van der Waals surface area contributed by atoms with E-state index >= 15 is 0 Å². The molecule has 1 aliphatic rings. The van der Waals surface area contributed by atoms with Gasteiger partial charge in [-0.25, -0.2) is 0 Å². The first-order valence-electron chi connectivity index (χ1n) is 10.5. The molecule has 0 spiro atoms. The fraction of sp³-hybridized carbons (Fsp3) is 0.435. The quantitative estimate of drug-likeness (QED) is 0.691. The molecule has 0 saturated heterocycles. The minimum atomic E-state index is -0.246. The molecule has 1 heterocycles. The van der Waals surface area contributed by atoms with Crippen LogP contribution in [0.3, 0.4) is 0 Å². The number of nitrogens with one attached hydrogen (secondary N) is 2. The van der Waals surface area contributed by atoms with E-state index in [0.29, 0.717) is 23.8 Å². The van der Waals surface area contributed by atoms with Gasteiger partial charge < -0.3 is 15.5 Å². The third-order valence-corrected chi connectivity index (χ3v) is 6.69. The Bertz CT molecular complexity index is 920. The Morgan fingerprint density at radius 2 is 1.77 bits per heavy atom. The van der Waals surface area contributed by atoms with Crippen LogP contribution in [0.2, 0.25) is 0 Å². The second kappa shape index (κ2) is 9.89. The van der Waals surface area contributed by atoms with Gasteiger partial charge in [-0.05, 0) is 68.0 Å². The predicted molar refractivity (Wildman–Crippen MR) is 121 cm³/mol. The van der Waals surface area contributed by atoms with Crippen molar-refractivity contribution in [2.75, 3.05) is 23.7 Å². The summed E-state index contributed by atoms with van der Waals surface area (Å²) in [6, 6.07) is 8.92. The lowest BCUT2D eigenvalue weighted by molar-refractivity contribution is -0.117. The van der Waals surface area contributed by atoms with E-state index < -0.39 is 0 Å². The molecule has 1 aromatic heterocycles. The summed E-state index contributed by atoms with van der Waals surface area (Å²) in [4.78, 5) is 40.2. The van der Waals surface area contributed by atoms with E-state index in [1.54, 1.807) is 40.5 Å². The van der Waals surface area contributed by atoms with Crippen LogP contribution in [-0.2, 0) is 22.4 Å². The van der Waals surface area contributed by atoms with E-state index in [-0.39, 0.29) is 24.3 Å². The summed E-state index contributed by atoms with van der Waals surface area (Å²) in [5.41, 5.74) is 2.59. The molecular weight excluding hydrogens is 398 g/mol. The molecule has 7 heteroatoms. The maximum Gasteiger partial charge on any atom is 0.264 e. The van der Waals surface area contributed by atoms with Gasteiger partial charge >= 0.3 is 0 Å². The number of carbonyl (C=O) groups is 3. The Morgan fingerprint density at radius 3 is 2.37 bits per heavy atom. The van der Waals surface area contributed by atoms with Crippen molar-refractivity contribution >= 4 is 40.4 Å². The smallest absolute Gasteiger partial charge is 0.264 e. The van der Waals surface area contributed by atoms with Gasteiger partial charge in [0.25, 0.3) is 5.91 Å². The largest absolute Gasteiger partial charge is 0.329 e. The van der Waals surface area contributed by atoms with Crippen LogP contribution < -0.4 is 10.6 Å². The molecule has 0 bridgehead atoms. The highest BCUT2D eigenvalue weighted by Gasteiger charge is 2.25. The summed E-state index contributed by atoms with van der Waals surface area (Å²) < 4.78 is 0. The van der Waals surface area contributed by atoms with Crippen molar-refractivity contribution < 1.29 is 14.4 Å². The van der Waals surface area contributed by atoms with Gasteiger partial charge in [-0.15, -0.1) is 11.3 Å². The summed E-state index contributed by atoms with van der Waals surface area (Å²) in [6.07, 6.45) is 4.47. The highest BCUT2D eigenvalue weighted by Crippen LogP contribution is 2.34. The fourth-order valence-corrected chi connectivity index (χ4v) is 4.93. The molecule has 160 valence electrons. The van der Waals surface area contributed by atoms with E-state index in [4.69, 9.17) is 0 Å². The van der Waals surface area contributed by atoms with Gasteiger partial charge in [-0.2, -0.15) is 0 Å². The second-order valence-corrected chi connectivity index (χ2v) is 8.84. The molecule has 0 aliphatic heterocycles. The summed E-state index contributed by atoms with van der Waals surface area (Å²) in [5.74, 6) is 0.232. The van der Waals surface area contributed by atoms with Gasteiger partial charge in [-0.1, -0.05) is 13.3 Å². The summed E-state index contributed by atoms with van der Waals surface area (Å²) in [7, 11) is 0. The molecule has 0 radical (unpaired) electrons. The van der Waals surface area contributed by atoms with Crippen molar-refractivity contribution in [2.24, 2.45) is 5.92 Å². The molecule has 2 aromatic rings. The van der Waals surface area contributed by atoms with Gasteiger partial charge in [0.05, 0.1) is 4.88 Å². The molecule has 0 fully saturated rings. The predicted octanol–water partition coefficient (Wildman–Crippen LogP) is 4.32. The summed E-state index contributed by atoms with van der Waals surface area (Å²) in [6.45, 7) is 6.02. The number of amides is 3. The van der Waals surface area contributed by atoms with Crippen molar-refractivity contribution in [3.05, 3.63) is 45.6 Å². The van der Waals surface area contributed by atoms with E-state index in [1.807, 2.05) is 13.0 Å². The van der Waals surface area contributed by atoms with Gasteiger partial charge in [0.2, 0.25) is 11.8 Å². The molecule has 6 nitrogen and oxygen atoms in total. The van der Waals surface area contributed by atoms with Crippen LogP contribution in [0.4, 0.5) is 11.4 Å². The number of carbonyl (C=O) groups excluding carboxylic acids is 3. The number of benzene rings is 1. The molecule has 1 atom stereocenters. The minimum Gasteiger partial charge on any atom is -0.329 e. The molecule has 1 aliphatic carbocycles. The first-order valence-corrected chi connectivity index (χ1v) is 11.3. The zero-order valence-corrected chi connectivity index (χ0v) is 18.6. The van der Waals surface area contributed by atoms with Crippen LogP contribution in [0, 0.1) is 5.92 Å². The lowest BCUT2D eigenvalue weighted by Gasteiger charge is -2.20. The molecule has 30 heavy (non-hydrogen) atoms. The maximum absolute atomic E-state index is 13.0. The zero-order valence-electron chi connectivity index (χ0n) is 17.8. The SMILES string of the molecule is CC[C@@H]1CCc2sc(C(=O)N(CC)CC(=O)Nc3ccc(NC(C)=O)cc3)cc2C1. The first kappa shape index (κ1) is 22.0. The van der Waals surface area contributed by atoms with Gasteiger partial charge in [0.15, 0.2) is 0 Å². The van der Waals surface area contributed by atoms with E-state index in [0.717, 1.165) is 17.7 Å². The van der Waals surface area contributed by atoms with E-state index in [2.05, 4.69) is 17.6 Å². The first-order chi connectivity index (χ1) is 14.4. The fourth-order valence-electron chi connectivity index (χ4n) is 3.75. The van der Waals surface area contributed by atoms with Crippen LogP contribution in [0.15, 0.2) is 30.3 Å². The molecule has 0 saturated carbocycles. The van der Waals surface area contributed by atoms with Gasteiger partial charge in [-0.3, -0.25) is 14.4 Å². The van der Waals surface area contributed by atoms with Crippen molar-refractivity contribution in [1.29, 1.82) is 0 Å². The number of hydrogen-bond donors (Lipinski definition) is 2. The lowest BCUT2D eigenvalue weighted by atomic mass is 9.87. The van der Waals surface area contributed by atoms with Crippen LogP contribution in [0.1, 0.15) is 53.7 Å². The Labute approximate surface area is 181 Å². The highest BCUT2D eigenvalue weighted by atomic mass is 32.1. The van der Waals surface area contributed by atoms with Gasteiger partial charge in [0, 0.05) is 29.7 Å². The third-order valence-electron chi connectivity index (χ3n) is 5.47. The number of aryl methyl sites for hydroxylation is 1. The van der Waals surface area contributed by atoms with Crippen LogP contribution in [-0.4, -0.2) is 35.7 Å². The number of hydrogen-bond acceptors (Lipinski definition) is 4. The maximum atomic E-state index is 13.0. The van der Waals surface area contributed by atoms with Crippen LogP contribution >= 0.6 is 11.3 Å². The third kappa shape index (κ3) is 5.48. The molecule has 0 unspecified atom stereocenters. The lowest BCUT2D eigenvalue weighted by Crippen LogP contribution is -2.37. The molecule has 1 aromatic carbocycles. The molecule has 3 amide bonds. The standard InChI is InChI=1S/C23H29N3O3S/c1-4-16-6-11-20-17(12-16)13-21(30-20)23(29)26(5-2)14-22(28)25-19-9-7-18(8-10-19)24-15(3)27/h7-10,13,16H,4-6,11-12,14H2,1-3H3,(H,24,27)(H,25,28)/t16-/m1/s1. The highest BCUT2D eigenvalue weighted by molar-refractivity contribution is 7.14. The second-order valence-electron chi connectivity index (χ2n) is 7.70. The Kier molecular flexibility index (Phi) is 7.26. The molecular formula is C23H29N3O3S. The number of rotatable bonds is 7. The van der Waals surface area contributed by atoms with Crippen molar-refractivity contribution in [2.45, 2.75) is 46.5 Å². The Balaban J connectivity index is 1.60. The average molecular weight is 428 g/mol. The molecule has 3 rings (SSSR count). The van der Waals surface area contributed by atoms with E-state index in [1.165, 1.54) is 30.2 Å². The number of nitrogens with zero attached hydrogens (tertiary/aromatic N) is 1. The summed E-state index contributed by atoms with van der Waals surface area (Å²) in [5, 5.41) is 5.50. The Hall–Kier alpha value is -2.67. The number of thiophene rings is 1. The molecule has 2 N–H and O–H groups in total. The normalized spacial score (nSPS) is 15.2. The van der Waals surface area contributed by atoms with E-state index in [9.17, 15) is 14.4 Å². The van der Waals surface area contributed by atoms with Crippen LogP contribution in [0.5, 0.6) is 0 Å². The zero-order chi connectivity index (χ0) is 21.7. The van der Waals surface area contributed by atoms with Crippen molar-refractivity contribution in [3.8, 4) is 0 Å². The topological polar surface area (TPSA) is 78.5 Å². The van der Waals surface area contributed by atoms with Crippen molar-refractivity contribution in [3.63, 3.8) is 0 Å². The number of likely N-dealkylation sites (N-methyl/N-ethyl adjacent to an activating group) is 1. The monoisotopic (exact) mass is 427 g/mol. The van der Waals surface area contributed by atoms with Gasteiger partial charge in [0.1, 0.15) is 6.54 Å². The average Bonchev–Trinajstić information content (AvgIpc) is 3.15. The summed E-state index contributed by atoms with van der Waals surface area (Å²) >= 11 is 1.58. The number of anilines is 2. The van der Waals surface area contributed by atoms with Crippen LogP contribution in [0.25, 0.3) is 0 Å². The Morgan fingerprint density at radius 1 is 1.10 bits per heavy atom. The minimum absolute atomic E-state index is 0.00291. The number of fused-ring (bicyclic) bond motifs is 1.